The smallest absolute Gasteiger partial charge is 0.155 e. The quantitative estimate of drug-likeness (QED) is 0.778. The molecule has 1 aromatic carbocycles. The molecule has 0 fully saturated rings. The molecular weight excluding hydrogens is 246 g/mol. The molecular formula is C14H17NO2S. The molecule has 1 aromatic rings. The Balaban J connectivity index is 2.40. The van der Waals surface area contributed by atoms with Gasteiger partial charge in [0.1, 0.15) is 5.75 Å². The second-order valence-electron chi connectivity index (χ2n) is 4.18. The van der Waals surface area contributed by atoms with Crippen LogP contribution in [0.4, 0.5) is 5.69 Å². The summed E-state index contributed by atoms with van der Waals surface area (Å²) in [5.41, 5.74) is 1.13. The van der Waals surface area contributed by atoms with Crippen LogP contribution in [0, 0.1) is 0 Å². The van der Waals surface area contributed by atoms with Gasteiger partial charge in [0.2, 0.25) is 0 Å². The van der Waals surface area contributed by atoms with Gasteiger partial charge in [0.15, 0.2) is 5.78 Å². The SMILES string of the molecule is CCCN1C(=CC(C)=O)Sc2ccc(OC)cc21. The van der Waals surface area contributed by atoms with Crippen LogP contribution in [0.25, 0.3) is 0 Å². The Morgan fingerprint density at radius 3 is 2.89 bits per heavy atom. The summed E-state index contributed by atoms with van der Waals surface area (Å²) in [7, 11) is 1.67. The molecule has 96 valence electrons. The summed E-state index contributed by atoms with van der Waals surface area (Å²) in [6.07, 6.45) is 2.74. The standard InChI is InChI=1S/C14H17NO2S/c1-4-7-15-12-9-11(17-3)5-6-13(12)18-14(15)8-10(2)16/h5-6,8-9H,4,7H2,1-3H3. The van der Waals surface area contributed by atoms with E-state index in [1.165, 1.54) is 4.90 Å². The summed E-state index contributed by atoms with van der Waals surface area (Å²) >= 11 is 1.64. The highest BCUT2D eigenvalue weighted by Crippen LogP contribution is 2.47. The highest BCUT2D eigenvalue weighted by atomic mass is 32.2. The average molecular weight is 263 g/mol. The Labute approximate surface area is 112 Å². The maximum atomic E-state index is 11.3. The zero-order valence-electron chi connectivity index (χ0n) is 10.9. The fraction of sp³-hybridized carbons (Fsp3) is 0.357. The van der Waals surface area contributed by atoms with E-state index in [0.29, 0.717) is 0 Å². The summed E-state index contributed by atoms with van der Waals surface area (Å²) in [6.45, 7) is 4.63. The van der Waals surface area contributed by atoms with Crippen molar-refractivity contribution in [1.82, 2.24) is 0 Å². The van der Waals surface area contributed by atoms with Gasteiger partial charge in [-0.2, -0.15) is 0 Å². The Hall–Kier alpha value is -1.42. The molecule has 0 amide bonds. The van der Waals surface area contributed by atoms with Gasteiger partial charge in [0.05, 0.1) is 17.8 Å². The van der Waals surface area contributed by atoms with Gasteiger partial charge in [-0.25, -0.2) is 0 Å². The number of carbonyl (C=O) groups excluding carboxylic acids is 1. The van der Waals surface area contributed by atoms with E-state index in [9.17, 15) is 4.79 Å². The third-order valence-electron chi connectivity index (χ3n) is 2.71. The number of carbonyl (C=O) groups is 1. The topological polar surface area (TPSA) is 29.5 Å². The molecule has 0 aliphatic carbocycles. The fourth-order valence-corrected chi connectivity index (χ4v) is 3.10. The molecule has 1 aliphatic rings. The monoisotopic (exact) mass is 263 g/mol. The minimum absolute atomic E-state index is 0.0818. The highest BCUT2D eigenvalue weighted by Gasteiger charge is 2.25. The summed E-state index contributed by atoms with van der Waals surface area (Å²) in [5.74, 6) is 0.929. The molecule has 2 rings (SSSR count). The maximum Gasteiger partial charge on any atom is 0.155 e. The average Bonchev–Trinajstić information content (AvgIpc) is 2.66. The maximum absolute atomic E-state index is 11.3. The molecule has 3 nitrogen and oxygen atoms in total. The minimum Gasteiger partial charge on any atom is -0.497 e. The van der Waals surface area contributed by atoms with Crippen molar-refractivity contribution in [3.8, 4) is 5.75 Å². The number of hydrogen-bond donors (Lipinski definition) is 0. The first-order chi connectivity index (χ1) is 8.65. The number of ether oxygens (including phenoxy) is 1. The molecule has 0 aromatic heterocycles. The number of hydrogen-bond acceptors (Lipinski definition) is 4. The molecule has 1 aliphatic heterocycles. The summed E-state index contributed by atoms with van der Waals surface area (Å²) < 4.78 is 5.26. The van der Waals surface area contributed by atoms with Gasteiger partial charge >= 0.3 is 0 Å². The Bertz CT molecular complexity index is 497. The lowest BCUT2D eigenvalue weighted by atomic mass is 10.2. The van der Waals surface area contributed by atoms with E-state index < -0.39 is 0 Å². The molecule has 0 N–H and O–H groups in total. The summed E-state index contributed by atoms with van der Waals surface area (Å²) in [5, 5.41) is 1.01. The molecule has 18 heavy (non-hydrogen) atoms. The lowest BCUT2D eigenvalue weighted by molar-refractivity contribution is -0.112. The van der Waals surface area contributed by atoms with Crippen LogP contribution in [0.2, 0.25) is 0 Å². The van der Waals surface area contributed by atoms with Crippen LogP contribution in [0.5, 0.6) is 5.75 Å². The number of nitrogens with zero attached hydrogens (tertiary/aromatic N) is 1. The fourth-order valence-electron chi connectivity index (χ4n) is 1.94. The summed E-state index contributed by atoms with van der Waals surface area (Å²) in [4.78, 5) is 14.6. The normalized spacial score (nSPS) is 15.9. The van der Waals surface area contributed by atoms with Gasteiger partial charge in [0, 0.05) is 23.6 Å². The van der Waals surface area contributed by atoms with Crippen molar-refractivity contribution in [1.29, 1.82) is 0 Å². The molecule has 0 bridgehead atoms. The van der Waals surface area contributed by atoms with Gasteiger partial charge in [-0.3, -0.25) is 4.79 Å². The lowest BCUT2D eigenvalue weighted by Gasteiger charge is -2.19. The van der Waals surface area contributed by atoms with E-state index in [0.717, 1.165) is 29.4 Å². The van der Waals surface area contributed by atoms with Crippen molar-refractivity contribution >= 4 is 23.2 Å². The first-order valence-electron chi connectivity index (χ1n) is 6.01. The van der Waals surface area contributed by atoms with E-state index in [-0.39, 0.29) is 5.78 Å². The molecule has 1 heterocycles. The number of methoxy groups -OCH3 is 1. The van der Waals surface area contributed by atoms with Gasteiger partial charge in [-0.1, -0.05) is 18.7 Å². The van der Waals surface area contributed by atoms with Crippen molar-refractivity contribution in [2.45, 2.75) is 25.2 Å². The van der Waals surface area contributed by atoms with E-state index in [2.05, 4.69) is 11.8 Å². The predicted octanol–water partition coefficient (Wildman–Crippen LogP) is 3.45. The molecule has 0 unspecified atom stereocenters. The largest absolute Gasteiger partial charge is 0.497 e. The van der Waals surface area contributed by atoms with Crippen molar-refractivity contribution in [3.63, 3.8) is 0 Å². The van der Waals surface area contributed by atoms with E-state index in [4.69, 9.17) is 4.74 Å². The number of benzene rings is 1. The van der Waals surface area contributed by atoms with Crippen molar-refractivity contribution in [3.05, 3.63) is 29.3 Å². The van der Waals surface area contributed by atoms with Gasteiger partial charge in [0.25, 0.3) is 0 Å². The third-order valence-corrected chi connectivity index (χ3v) is 3.82. The molecule has 0 saturated heterocycles. The van der Waals surface area contributed by atoms with Crippen LogP contribution in [0.3, 0.4) is 0 Å². The van der Waals surface area contributed by atoms with Crippen molar-refractivity contribution < 1.29 is 9.53 Å². The minimum atomic E-state index is 0.0818. The van der Waals surface area contributed by atoms with Crippen LogP contribution in [-0.2, 0) is 4.79 Å². The molecule has 0 spiro atoms. The number of anilines is 1. The lowest BCUT2D eigenvalue weighted by Crippen LogP contribution is -2.19. The highest BCUT2D eigenvalue weighted by molar-refractivity contribution is 8.03. The van der Waals surface area contributed by atoms with Crippen molar-refractivity contribution in [2.24, 2.45) is 0 Å². The number of allylic oxidation sites excluding steroid dienone is 1. The van der Waals surface area contributed by atoms with Crippen LogP contribution in [-0.4, -0.2) is 19.4 Å². The van der Waals surface area contributed by atoms with Crippen LogP contribution < -0.4 is 9.64 Å². The number of rotatable bonds is 4. The van der Waals surface area contributed by atoms with E-state index in [1.807, 2.05) is 18.2 Å². The number of thioether (sulfide) groups is 1. The van der Waals surface area contributed by atoms with Crippen LogP contribution in [0.15, 0.2) is 34.2 Å². The van der Waals surface area contributed by atoms with Crippen molar-refractivity contribution in [2.75, 3.05) is 18.6 Å². The Kier molecular flexibility index (Phi) is 3.97. The second-order valence-corrected chi connectivity index (χ2v) is 5.24. The first-order valence-corrected chi connectivity index (χ1v) is 6.83. The van der Waals surface area contributed by atoms with Crippen LogP contribution >= 0.6 is 11.8 Å². The summed E-state index contributed by atoms with van der Waals surface area (Å²) in [6, 6.07) is 6.02. The first kappa shape index (κ1) is 13.0. The zero-order chi connectivity index (χ0) is 13.1. The van der Waals surface area contributed by atoms with E-state index >= 15 is 0 Å². The molecule has 0 radical (unpaired) electrons. The second kappa shape index (κ2) is 5.48. The number of fused-ring (bicyclic) bond motifs is 1. The van der Waals surface area contributed by atoms with Gasteiger partial charge < -0.3 is 9.64 Å². The Morgan fingerprint density at radius 1 is 1.50 bits per heavy atom. The third kappa shape index (κ3) is 2.53. The molecule has 0 saturated carbocycles. The van der Waals surface area contributed by atoms with Gasteiger partial charge in [-0.05, 0) is 25.5 Å². The van der Waals surface area contributed by atoms with Crippen LogP contribution in [0.1, 0.15) is 20.3 Å². The number of ketones is 1. The van der Waals surface area contributed by atoms with E-state index in [1.54, 1.807) is 31.9 Å². The molecule has 0 atom stereocenters. The molecule has 4 heteroatoms. The van der Waals surface area contributed by atoms with Gasteiger partial charge in [-0.15, -0.1) is 0 Å². The zero-order valence-corrected chi connectivity index (χ0v) is 11.7. The predicted molar refractivity (Wildman–Crippen MR) is 75.3 cm³/mol. The Morgan fingerprint density at radius 2 is 2.28 bits per heavy atom.